The Morgan fingerprint density at radius 3 is 2.87 bits per heavy atom. The summed E-state index contributed by atoms with van der Waals surface area (Å²) in [5.41, 5.74) is 2.72. The lowest BCUT2D eigenvalue weighted by atomic mass is 10.00. The molecule has 0 spiro atoms. The third-order valence-corrected chi connectivity index (χ3v) is 5.16. The molecule has 3 aromatic rings. The number of methoxy groups -OCH3 is 1. The van der Waals surface area contributed by atoms with Crippen LogP contribution in [-0.2, 0) is 13.0 Å². The lowest BCUT2D eigenvalue weighted by Gasteiger charge is -2.28. The van der Waals surface area contributed by atoms with Crippen LogP contribution in [0.5, 0.6) is 5.75 Å². The minimum Gasteiger partial charge on any atom is -0.497 e. The molecule has 0 aliphatic carbocycles. The van der Waals surface area contributed by atoms with E-state index in [-0.39, 0.29) is 5.52 Å². The number of hydrogen-bond donors (Lipinski definition) is 0. The molecular formula is C17H14F2N2OS. The monoisotopic (exact) mass is 332 g/mol. The van der Waals surface area contributed by atoms with E-state index in [1.54, 1.807) is 7.11 Å². The van der Waals surface area contributed by atoms with Gasteiger partial charge in [0.15, 0.2) is 10.9 Å². The topological polar surface area (TPSA) is 25.4 Å². The average molecular weight is 332 g/mol. The van der Waals surface area contributed by atoms with Gasteiger partial charge in [-0.05, 0) is 35.7 Å². The first-order chi connectivity index (χ1) is 11.1. The van der Waals surface area contributed by atoms with Gasteiger partial charge >= 0.3 is 0 Å². The number of hydrogen-bond acceptors (Lipinski definition) is 4. The van der Waals surface area contributed by atoms with Gasteiger partial charge in [-0.2, -0.15) is 0 Å². The predicted molar refractivity (Wildman–Crippen MR) is 87.3 cm³/mol. The highest BCUT2D eigenvalue weighted by Crippen LogP contribution is 2.34. The highest BCUT2D eigenvalue weighted by atomic mass is 32.1. The van der Waals surface area contributed by atoms with Crippen molar-refractivity contribution in [2.45, 2.75) is 13.0 Å². The zero-order valence-electron chi connectivity index (χ0n) is 12.5. The summed E-state index contributed by atoms with van der Waals surface area (Å²) in [6.45, 7) is 1.51. The summed E-state index contributed by atoms with van der Waals surface area (Å²) >= 11 is 1.32. The molecule has 0 N–H and O–H groups in total. The number of aromatic nitrogens is 1. The first-order valence-electron chi connectivity index (χ1n) is 7.30. The van der Waals surface area contributed by atoms with Gasteiger partial charge in [-0.3, -0.25) is 0 Å². The number of anilines is 1. The van der Waals surface area contributed by atoms with Crippen molar-refractivity contribution in [1.82, 2.24) is 4.98 Å². The molecule has 0 amide bonds. The Kier molecular flexibility index (Phi) is 3.41. The highest BCUT2D eigenvalue weighted by Gasteiger charge is 2.21. The van der Waals surface area contributed by atoms with Crippen LogP contribution < -0.4 is 9.64 Å². The normalized spacial score (nSPS) is 14.1. The summed E-state index contributed by atoms with van der Waals surface area (Å²) in [4.78, 5) is 6.47. The molecule has 0 radical (unpaired) electrons. The summed E-state index contributed by atoms with van der Waals surface area (Å²) in [5.74, 6) is -0.319. The van der Waals surface area contributed by atoms with Gasteiger partial charge in [-0.1, -0.05) is 17.4 Å². The van der Waals surface area contributed by atoms with Crippen molar-refractivity contribution in [3.63, 3.8) is 0 Å². The average Bonchev–Trinajstić information content (AvgIpc) is 2.98. The van der Waals surface area contributed by atoms with Crippen molar-refractivity contribution in [3.8, 4) is 5.75 Å². The van der Waals surface area contributed by atoms with Crippen LogP contribution in [0.15, 0.2) is 30.3 Å². The molecule has 1 aromatic heterocycles. The van der Waals surface area contributed by atoms with Gasteiger partial charge in [0, 0.05) is 19.2 Å². The smallest absolute Gasteiger partial charge is 0.186 e. The molecule has 3 nitrogen and oxygen atoms in total. The molecule has 0 unspecified atom stereocenters. The maximum Gasteiger partial charge on any atom is 0.186 e. The third kappa shape index (κ3) is 2.53. The minimum absolute atomic E-state index is 0.243. The molecule has 1 aliphatic rings. The molecule has 6 heteroatoms. The number of fused-ring (bicyclic) bond motifs is 2. The van der Waals surface area contributed by atoms with Gasteiger partial charge in [0.2, 0.25) is 0 Å². The van der Waals surface area contributed by atoms with Crippen molar-refractivity contribution >= 4 is 26.7 Å². The van der Waals surface area contributed by atoms with Crippen LogP contribution in [0.1, 0.15) is 11.1 Å². The van der Waals surface area contributed by atoms with Crippen molar-refractivity contribution in [3.05, 3.63) is 53.1 Å². The van der Waals surface area contributed by atoms with E-state index in [9.17, 15) is 8.78 Å². The van der Waals surface area contributed by atoms with Gasteiger partial charge in [0.25, 0.3) is 0 Å². The summed E-state index contributed by atoms with van der Waals surface area (Å²) in [6.07, 6.45) is 0.874. The van der Waals surface area contributed by atoms with Crippen LogP contribution >= 0.6 is 11.3 Å². The molecule has 1 aliphatic heterocycles. The first kappa shape index (κ1) is 14.4. The van der Waals surface area contributed by atoms with Gasteiger partial charge < -0.3 is 9.64 Å². The molecule has 118 valence electrons. The predicted octanol–water partition coefficient (Wildman–Crippen LogP) is 4.15. The second kappa shape index (κ2) is 5.45. The fraction of sp³-hybridized carbons (Fsp3) is 0.235. The van der Waals surface area contributed by atoms with Gasteiger partial charge in [-0.15, -0.1) is 0 Å². The first-order valence-corrected chi connectivity index (χ1v) is 8.12. The van der Waals surface area contributed by atoms with Crippen molar-refractivity contribution in [2.75, 3.05) is 18.6 Å². The molecule has 0 bridgehead atoms. The van der Waals surface area contributed by atoms with E-state index in [1.165, 1.54) is 28.5 Å². The van der Waals surface area contributed by atoms with Crippen molar-refractivity contribution in [1.29, 1.82) is 0 Å². The number of halogens is 2. The number of ether oxygens (including phenoxy) is 1. The number of nitrogens with zero attached hydrogens (tertiary/aromatic N) is 2. The molecule has 0 saturated heterocycles. The number of thiazole rings is 1. The molecule has 4 rings (SSSR count). The zero-order chi connectivity index (χ0) is 16.0. The van der Waals surface area contributed by atoms with E-state index in [1.807, 2.05) is 12.1 Å². The molecule has 0 fully saturated rings. The van der Waals surface area contributed by atoms with Crippen molar-refractivity contribution < 1.29 is 13.5 Å². The van der Waals surface area contributed by atoms with E-state index >= 15 is 0 Å². The van der Waals surface area contributed by atoms with E-state index in [4.69, 9.17) is 4.74 Å². The van der Waals surface area contributed by atoms with Crippen LogP contribution in [0.4, 0.5) is 13.9 Å². The Hall–Kier alpha value is -2.21. The third-order valence-electron chi connectivity index (χ3n) is 4.10. The van der Waals surface area contributed by atoms with Crippen LogP contribution in [0.25, 0.3) is 10.2 Å². The second-order valence-electron chi connectivity index (χ2n) is 5.54. The van der Waals surface area contributed by atoms with Crippen molar-refractivity contribution in [2.24, 2.45) is 0 Å². The van der Waals surface area contributed by atoms with Crippen LogP contribution in [0, 0.1) is 11.6 Å². The molecule has 2 heterocycles. The fourth-order valence-corrected chi connectivity index (χ4v) is 3.93. The quantitative estimate of drug-likeness (QED) is 0.705. The van der Waals surface area contributed by atoms with Gasteiger partial charge in [0.1, 0.15) is 17.1 Å². The molecule has 2 aromatic carbocycles. The molecular weight excluding hydrogens is 318 g/mol. The lowest BCUT2D eigenvalue weighted by molar-refractivity contribution is 0.414. The SMILES string of the molecule is COc1ccc2c(c1)CCN(c1nc3c(F)cc(F)cc3s1)C2. The Morgan fingerprint density at radius 2 is 2.04 bits per heavy atom. The summed E-state index contributed by atoms with van der Waals surface area (Å²) in [6, 6.07) is 8.26. The van der Waals surface area contributed by atoms with E-state index in [0.29, 0.717) is 11.2 Å². The van der Waals surface area contributed by atoms with Crippen LogP contribution in [0.2, 0.25) is 0 Å². The molecule has 0 atom stereocenters. The maximum absolute atomic E-state index is 13.8. The zero-order valence-corrected chi connectivity index (χ0v) is 13.3. The maximum atomic E-state index is 13.8. The molecule has 23 heavy (non-hydrogen) atoms. The number of benzene rings is 2. The highest BCUT2D eigenvalue weighted by molar-refractivity contribution is 7.22. The fourth-order valence-electron chi connectivity index (χ4n) is 2.90. The number of rotatable bonds is 2. The largest absolute Gasteiger partial charge is 0.497 e. The summed E-state index contributed by atoms with van der Waals surface area (Å²) in [5, 5.41) is 0.728. The van der Waals surface area contributed by atoms with Crippen LogP contribution in [-0.4, -0.2) is 18.6 Å². The minimum atomic E-state index is -0.607. The molecule has 0 saturated carbocycles. The Labute approximate surface area is 136 Å². The van der Waals surface area contributed by atoms with Gasteiger partial charge in [0.05, 0.1) is 11.8 Å². The summed E-state index contributed by atoms with van der Waals surface area (Å²) < 4.78 is 32.9. The van der Waals surface area contributed by atoms with E-state index < -0.39 is 11.6 Å². The van der Waals surface area contributed by atoms with Gasteiger partial charge in [-0.25, -0.2) is 13.8 Å². The Morgan fingerprint density at radius 1 is 1.17 bits per heavy atom. The summed E-state index contributed by atoms with van der Waals surface area (Å²) in [7, 11) is 1.66. The Balaban J connectivity index is 1.68. The van der Waals surface area contributed by atoms with Crippen LogP contribution in [0.3, 0.4) is 0 Å². The van der Waals surface area contributed by atoms with E-state index in [0.717, 1.165) is 29.9 Å². The standard InChI is InChI=1S/C17H14F2N2OS/c1-22-13-3-2-11-9-21(5-4-10(11)6-13)17-20-16-14(19)7-12(18)8-15(16)23-17/h2-3,6-8H,4-5,9H2,1H3. The second-order valence-corrected chi connectivity index (χ2v) is 6.55. The Bertz CT molecular complexity index is 894. The lowest BCUT2D eigenvalue weighted by Crippen LogP contribution is -2.30. The van der Waals surface area contributed by atoms with E-state index in [2.05, 4.69) is 16.0 Å².